The SMILES string of the molecule is Cc1cc(Cl)ccc1N(CC(=O)NCc1cccc(C(F)(F)F)c1)S(C)(=O)=O. The molecule has 10 heteroatoms. The molecule has 0 fully saturated rings. The Morgan fingerprint density at radius 3 is 2.43 bits per heavy atom. The fraction of sp³-hybridized carbons (Fsp3) is 0.278. The maximum Gasteiger partial charge on any atom is 0.416 e. The first-order valence-electron chi connectivity index (χ1n) is 8.04. The predicted octanol–water partition coefficient (Wildman–Crippen LogP) is 3.75. The van der Waals surface area contributed by atoms with Crippen LogP contribution in [0.2, 0.25) is 5.02 Å². The molecule has 1 N–H and O–H groups in total. The van der Waals surface area contributed by atoms with E-state index in [4.69, 9.17) is 11.6 Å². The molecule has 0 atom stereocenters. The minimum absolute atomic E-state index is 0.167. The summed E-state index contributed by atoms with van der Waals surface area (Å²) in [6, 6.07) is 9.09. The highest BCUT2D eigenvalue weighted by atomic mass is 35.5. The Labute approximate surface area is 166 Å². The van der Waals surface area contributed by atoms with Gasteiger partial charge in [-0.2, -0.15) is 13.2 Å². The molecule has 2 aromatic rings. The van der Waals surface area contributed by atoms with Gasteiger partial charge in [0.05, 0.1) is 17.5 Å². The van der Waals surface area contributed by atoms with Gasteiger partial charge in [-0.15, -0.1) is 0 Å². The Balaban J connectivity index is 2.13. The van der Waals surface area contributed by atoms with Gasteiger partial charge in [-0.25, -0.2) is 8.42 Å². The van der Waals surface area contributed by atoms with Gasteiger partial charge in [-0.1, -0.05) is 23.7 Å². The molecule has 152 valence electrons. The molecule has 0 aromatic heterocycles. The van der Waals surface area contributed by atoms with E-state index in [1.54, 1.807) is 13.0 Å². The molecule has 0 aliphatic carbocycles. The average molecular weight is 435 g/mol. The van der Waals surface area contributed by atoms with Crippen molar-refractivity contribution in [2.45, 2.75) is 19.6 Å². The van der Waals surface area contributed by atoms with Crippen molar-refractivity contribution in [3.63, 3.8) is 0 Å². The topological polar surface area (TPSA) is 66.5 Å². The number of hydrogen-bond acceptors (Lipinski definition) is 3. The van der Waals surface area contributed by atoms with E-state index in [1.807, 2.05) is 0 Å². The standard InChI is InChI=1S/C18H18ClF3N2O3S/c1-12-8-15(19)6-7-16(12)24(28(2,26)27)11-17(25)23-10-13-4-3-5-14(9-13)18(20,21)22/h3-9H,10-11H2,1-2H3,(H,23,25). The largest absolute Gasteiger partial charge is 0.416 e. The van der Waals surface area contributed by atoms with Gasteiger partial charge in [0.25, 0.3) is 0 Å². The van der Waals surface area contributed by atoms with E-state index in [2.05, 4.69) is 5.32 Å². The highest BCUT2D eigenvalue weighted by molar-refractivity contribution is 7.92. The monoisotopic (exact) mass is 434 g/mol. The Kier molecular flexibility index (Phi) is 6.61. The van der Waals surface area contributed by atoms with Gasteiger partial charge in [0.15, 0.2) is 0 Å². The molecule has 0 aliphatic rings. The van der Waals surface area contributed by atoms with Crippen molar-refractivity contribution in [1.82, 2.24) is 5.32 Å². The van der Waals surface area contributed by atoms with Crippen LogP contribution in [0.25, 0.3) is 0 Å². The zero-order valence-electron chi connectivity index (χ0n) is 15.0. The first-order chi connectivity index (χ1) is 12.9. The van der Waals surface area contributed by atoms with Gasteiger partial charge in [-0.3, -0.25) is 9.10 Å². The fourth-order valence-corrected chi connectivity index (χ4v) is 3.66. The van der Waals surface area contributed by atoms with Crippen LogP contribution in [0.15, 0.2) is 42.5 Å². The predicted molar refractivity (Wildman–Crippen MR) is 102 cm³/mol. The number of carbonyl (C=O) groups excluding carboxylic acids is 1. The molecule has 0 saturated carbocycles. The lowest BCUT2D eigenvalue weighted by Crippen LogP contribution is -2.40. The molecule has 2 rings (SSSR count). The Morgan fingerprint density at radius 1 is 1.18 bits per heavy atom. The number of sulfonamides is 1. The smallest absolute Gasteiger partial charge is 0.350 e. The van der Waals surface area contributed by atoms with Crippen molar-refractivity contribution < 1.29 is 26.4 Å². The highest BCUT2D eigenvalue weighted by Crippen LogP contribution is 2.29. The average Bonchev–Trinajstić information content (AvgIpc) is 2.57. The Bertz CT molecular complexity index is 978. The van der Waals surface area contributed by atoms with Crippen molar-refractivity contribution in [1.29, 1.82) is 0 Å². The van der Waals surface area contributed by atoms with Crippen LogP contribution in [-0.4, -0.2) is 27.1 Å². The fourth-order valence-electron chi connectivity index (χ4n) is 2.52. The van der Waals surface area contributed by atoms with E-state index in [1.165, 1.54) is 24.3 Å². The molecule has 0 unspecified atom stereocenters. The number of rotatable bonds is 6. The summed E-state index contributed by atoms with van der Waals surface area (Å²) in [5.74, 6) is -0.655. The molecule has 5 nitrogen and oxygen atoms in total. The van der Waals surface area contributed by atoms with Crippen LogP contribution >= 0.6 is 11.6 Å². The van der Waals surface area contributed by atoms with E-state index in [0.717, 1.165) is 22.7 Å². The summed E-state index contributed by atoms with van der Waals surface area (Å²) in [4.78, 5) is 12.2. The number of benzene rings is 2. The summed E-state index contributed by atoms with van der Waals surface area (Å²) in [6.07, 6.45) is -3.53. The second kappa shape index (κ2) is 8.40. The lowest BCUT2D eigenvalue weighted by atomic mass is 10.1. The number of alkyl halides is 3. The van der Waals surface area contributed by atoms with Crippen LogP contribution < -0.4 is 9.62 Å². The van der Waals surface area contributed by atoms with Crippen molar-refractivity contribution in [2.24, 2.45) is 0 Å². The minimum atomic E-state index is -4.49. The zero-order chi connectivity index (χ0) is 21.1. The Hall–Kier alpha value is -2.26. The van der Waals surface area contributed by atoms with Gasteiger partial charge in [0, 0.05) is 11.6 Å². The number of carbonyl (C=O) groups is 1. The van der Waals surface area contributed by atoms with E-state index in [0.29, 0.717) is 16.3 Å². The molecule has 2 aromatic carbocycles. The first kappa shape index (κ1) is 22.0. The first-order valence-corrected chi connectivity index (χ1v) is 10.3. The molecule has 0 spiro atoms. The van der Waals surface area contributed by atoms with Crippen LogP contribution in [-0.2, 0) is 27.5 Å². The van der Waals surface area contributed by atoms with Crippen molar-refractivity contribution in [3.05, 3.63) is 64.2 Å². The summed E-state index contributed by atoms with van der Waals surface area (Å²) in [6.45, 7) is 0.972. The molecular weight excluding hydrogens is 417 g/mol. The van der Waals surface area contributed by atoms with Gasteiger partial charge < -0.3 is 5.32 Å². The number of nitrogens with one attached hydrogen (secondary N) is 1. The van der Waals surface area contributed by atoms with Gasteiger partial charge in [0.1, 0.15) is 6.54 Å². The summed E-state index contributed by atoms with van der Waals surface area (Å²) >= 11 is 5.88. The molecule has 0 radical (unpaired) electrons. The number of amides is 1. The number of halogens is 4. The van der Waals surface area contributed by atoms with Gasteiger partial charge in [0.2, 0.25) is 15.9 Å². The van der Waals surface area contributed by atoms with E-state index in [-0.39, 0.29) is 12.1 Å². The second-order valence-electron chi connectivity index (χ2n) is 6.18. The lowest BCUT2D eigenvalue weighted by molar-refractivity contribution is -0.137. The minimum Gasteiger partial charge on any atom is -0.350 e. The summed E-state index contributed by atoms with van der Waals surface area (Å²) in [7, 11) is -3.78. The number of nitrogens with zero attached hydrogens (tertiary/aromatic N) is 1. The van der Waals surface area contributed by atoms with E-state index in [9.17, 15) is 26.4 Å². The Morgan fingerprint density at radius 2 is 1.86 bits per heavy atom. The van der Waals surface area contributed by atoms with Crippen LogP contribution in [0.5, 0.6) is 0 Å². The summed E-state index contributed by atoms with van der Waals surface area (Å²) in [5, 5.41) is 2.86. The molecule has 0 bridgehead atoms. The quantitative estimate of drug-likeness (QED) is 0.753. The van der Waals surface area contributed by atoms with Crippen molar-refractivity contribution >= 4 is 33.2 Å². The van der Waals surface area contributed by atoms with Crippen molar-refractivity contribution in [2.75, 3.05) is 17.1 Å². The zero-order valence-corrected chi connectivity index (χ0v) is 16.6. The van der Waals surface area contributed by atoms with Crippen LogP contribution in [0.1, 0.15) is 16.7 Å². The van der Waals surface area contributed by atoms with Crippen LogP contribution in [0.4, 0.5) is 18.9 Å². The maximum absolute atomic E-state index is 12.8. The number of hydrogen-bond donors (Lipinski definition) is 1. The summed E-state index contributed by atoms with van der Waals surface area (Å²) in [5.41, 5.74) is 0.273. The maximum atomic E-state index is 12.8. The molecule has 0 heterocycles. The van der Waals surface area contributed by atoms with Crippen molar-refractivity contribution in [3.8, 4) is 0 Å². The normalized spacial score (nSPS) is 11.9. The van der Waals surface area contributed by atoms with E-state index < -0.39 is 34.2 Å². The lowest BCUT2D eigenvalue weighted by Gasteiger charge is -2.23. The molecule has 0 saturated heterocycles. The van der Waals surface area contributed by atoms with E-state index >= 15 is 0 Å². The van der Waals surface area contributed by atoms with Gasteiger partial charge in [-0.05, 0) is 48.4 Å². The third-order valence-electron chi connectivity index (χ3n) is 3.86. The van der Waals surface area contributed by atoms with Crippen LogP contribution in [0, 0.1) is 6.92 Å². The third kappa shape index (κ3) is 5.87. The van der Waals surface area contributed by atoms with Gasteiger partial charge >= 0.3 is 6.18 Å². The summed E-state index contributed by atoms with van der Waals surface area (Å²) < 4.78 is 63.4. The van der Waals surface area contributed by atoms with Crippen LogP contribution in [0.3, 0.4) is 0 Å². The second-order valence-corrected chi connectivity index (χ2v) is 8.52. The number of anilines is 1. The molecule has 1 amide bonds. The highest BCUT2D eigenvalue weighted by Gasteiger charge is 2.30. The number of aryl methyl sites for hydroxylation is 1. The third-order valence-corrected chi connectivity index (χ3v) is 5.22. The molecule has 0 aliphatic heterocycles. The molecule has 28 heavy (non-hydrogen) atoms. The molecular formula is C18H18ClF3N2O3S.